The van der Waals surface area contributed by atoms with E-state index < -0.39 is 11.9 Å². The van der Waals surface area contributed by atoms with Gasteiger partial charge in [0, 0.05) is 11.8 Å². The van der Waals surface area contributed by atoms with Crippen LogP contribution in [-0.2, 0) is 11.0 Å². The lowest BCUT2D eigenvalue weighted by Gasteiger charge is -2.08. The molecule has 0 unspecified atom stereocenters. The van der Waals surface area contributed by atoms with Gasteiger partial charge in [0.15, 0.2) is 0 Å². The van der Waals surface area contributed by atoms with E-state index in [0.29, 0.717) is 17.9 Å². The van der Waals surface area contributed by atoms with Crippen molar-refractivity contribution in [3.05, 3.63) is 35.8 Å². The van der Waals surface area contributed by atoms with Gasteiger partial charge in [-0.3, -0.25) is 4.79 Å². The summed E-state index contributed by atoms with van der Waals surface area (Å²) in [6.45, 7) is 0.333. The number of carbonyl (C=O) groups excluding carboxylic acids is 1. The van der Waals surface area contributed by atoms with Crippen molar-refractivity contribution in [2.45, 2.75) is 6.18 Å². The highest BCUT2D eigenvalue weighted by molar-refractivity contribution is 5.91. The molecule has 0 atom stereocenters. The lowest BCUT2D eigenvalue weighted by molar-refractivity contribution is -0.141. The summed E-state index contributed by atoms with van der Waals surface area (Å²) in [6.07, 6.45) is -2.02. The fraction of sp³-hybridized carbons (Fsp3) is 0.200. The van der Waals surface area contributed by atoms with E-state index in [4.69, 9.17) is 0 Å². The fourth-order valence-corrected chi connectivity index (χ4v) is 1.34. The molecule has 0 fully saturated rings. The number of aromatic nitrogens is 1. The molecule has 17 heavy (non-hydrogen) atoms. The van der Waals surface area contributed by atoms with Gasteiger partial charge in [0.25, 0.3) is 0 Å². The third-order valence-corrected chi connectivity index (χ3v) is 2.12. The Morgan fingerprint density at radius 3 is 2.59 bits per heavy atom. The lowest BCUT2D eigenvalue weighted by atomic mass is 10.3. The molecule has 0 radical (unpaired) electrons. The first-order valence-electron chi connectivity index (χ1n) is 4.74. The van der Waals surface area contributed by atoms with Crippen LogP contribution in [0.25, 0.3) is 0 Å². The van der Waals surface area contributed by atoms with Crippen LogP contribution in [0.1, 0.15) is 5.69 Å². The number of nitrogens with one attached hydrogen (secondary N) is 2. The SMILES string of the molecule is O=C1C=C(Nc2ccc(C(F)(F)F)nc2)CN1. The maximum Gasteiger partial charge on any atom is 0.433 e. The quantitative estimate of drug-likeness (QED) is 0.828. The summed E-state index contributed by atoms with van der Waals surface area (Å²) < 4.78 is 36.7. The second-order valence-corrected chi connectivity index (χ2v) is 3.44. The monoisotopic (exact) mass is 243 g/mol. The van der Waals surface area contributed by atoms with Crippen molar-refractivity contribution in [3.8, 4) is 0 Å². The highest BCUT2D eigenvalue weighted by Gasteiger charge is 2.32. The summed E-state index contributed by atoms with van der Waals surface area (Å²) in [6, 6.07) is 2.15. The number of halogens is 3. The number of nitrogens with zero attached hydrogens (tertiary/aromatic N) is 1. The van der Waals surface area contributed by atoms with Crippen LogP contribution < -0.4 is 10.6 Å². The third-order valence-electron chi connectivity index (χ3n) is 2.12. The molecular weight excluding hydrogens is 235 g/mol. The van der Waals surface area contributed by atoms with Crippen LogP contribution in [0.2, 0.25) is 0 Å². The van der Waals surface area contributed by atoms with Crippen molar-refractivity contribution in [1.29, 1.82) is 0 Å². The Hall–Kier alpha value is -2.05. The first-order chi connectivity index (χ1) is 7.95. The molecule has 0 spiro atoms. The number of alkyl halides is 3. The summed E-state index contributed by atoms with van der Waals surface area (Å²) >= 11 is 0. The van der Waals surface area contributed by atoms with Gasteiger partial charge in [0.1, 0.15) is 5.69 Å². The van der Waals surface area contributed by atoms with E-state index in [0.717, 1.165) is 12.3 Å². The van der Waals surface area contributed by atoms with Crippen LogP contribution in [-0.4, -0.2) is 17.4 Å². The van der Waals surface area contributed by atoms with Gasteiger partial charge < -0.3 is 10.6 Å². The molecule has 2 rings (SSSR count). The van der Waals surface area contributed by atoms with Gasteiger partial charge in [-0.25, -0.2) is 4.98 Å². The Morgan fingerprint density at radius 1 is 1.35 bits per heavy atom. The van der Waals surface area contributed by atoms with Gasteiger partial charge >= 0.3 is 6.18 Å². The predicted octanol–water partition coefficient (Wildman–Crippen LogP) is 1.53. The number of pyridine rings is 1. The van der Waals surface area contributed by atoms with Crippen molar-refractivity contribution in [2.24, 2.45) is 0 Å². The van der Waals surface area contributed by atoms with E-state index in [-0.39, 0.29) is 5.91 Å². The Bertz CT molecular complexity index is 465. The molecular formula is C10H8F3N3O. The maximum absolute atomic E-state index is 12.2. The zero-order chi connectivity index (χ0) is 12.5. The van der Waals surface area contributed by atoms with E-state index in [2.05, 4.69) is 15.6 Å². The van der Waals surface area contributed by atoms with E-state index in [1.54, 1.807) is 0 Å². The average Bonchev–Trinajstić information content (AvgIpc) is 2.63. The highest BCUT2D eigenvalue weighted by atomic mass is 19.4. The second-order valence-electron chi connectivity index (χ2n) is 3.44. The Labute approximate surface area is 94.5 Å². The number of carbonyl (C=O) groups is 1. The molecule has 1 aromatic rings. The number of rotatable bonds is 2. The standard InChI is InChI=1S/C10H8F3N3O/c11-10(12,13)8-2-1-6(4-14-8)16-7-3-9(17)15-5-7/h1-4,16H,5H2,(H,15,17). The number of hydrogen-bond donors (Lipinski definition) is 2. The van der Waals surface area contributed by atoms with Gasteiger partial charge in [0.05, 0.1) is 18.4 Å². The first-order valence-corrected chi connectivity index (χ1v) is 4.74. The molecule has 0 bridgehead atoms. The van der Waals surface area contributed by atoms with Gasteiger partial charge in [-0.1, -0.05) is 0 Å². The molecule has 1 amide bonds. The smallest absolute Gasteiger partial charge is 0.356 e. The summed E-state index contributed by atoms with van der Waals surface area (Å²) in [4.78, 5) is 14.1. The Balaban J connectivity index is 2.09. The van der Waals surface area contributed by atoms with E-state index in [9.17, 15) is 18.0 Å². The van der Waals surface area contributed by atoms with Crippen LogP contribution >= 0.6 is 0 Å². The zero-order valence-electron chi connectivity index (χ0n) is 8.51. The van der Waals surface area contributed by atoms with Crippen molar-refractivity contribution >= 4 is 11.6 Å². The maximum atomic E-state index is 12.2. The summed E-state index contributed by atoms with van der Waals surface area (Å²) in [5.41, 5.74) is 0.0509. The molecule has 7 heteroatoms. The third kappa shape index (κ3) is 2.74. The minimum atomic E-state index is -4.44. The van der Waals surface area contributed by atoms with E-state index >= 15 is 0 Å². The fourth-order valence-electron chi connectivity index (χ4n) is 1.34. The van der Waals surface area contributed by atoms with Crippen LogP contribution in [0, 0.1) is 0 Å². The largest absolute Gasteiger partial charge is 0.433 e. The second kappa shape index (κ2) is 4.08. The van der Waals surface area contributed by atoms with Crippen LogP contribution in [0.4, 0.5) is 18.9 Å². The summed E-state index contributed by atoms with van der Waals surface area (Å²) in [5, 5.41) is 5.33. The summed E-state index contributed by atoms with van der Waals surface area (Å²) in [5.74, 6) is -0.229. The van der Waals surface area contributed by atoms with Crippen molar-refractivity contribution in [1.82, 2.24) is 10.3 Å². The predicted molar refractivity (Wildman–Crippen MR) is 54.0 cm³/mol. The molecule has 4 nitrogen and oxygen atoms in total. The highest BCUT2D eigenvalue weighted by Crippen LogP contribution is 2.27. The molecule has 0 aliphatic carbocycles. The van der Waals surface area contributed by atoms with E-state index in [1.807, 2.05) is 0 Å². The van der Waals surface area contributed by atoms with Crippen LogP contribution in [0.5, 0.6) is 0 Å². The number of anilines is 1. The minimum absolute atomic E-state index is 0.229. The topological polar surface area (TPSA) is 54.0 Å². The molecule has 0 aromatic carbocycles. The van der Waals surface area contributed by atoms with Crippen molar-refractivity contribution < 1.29 is 18.0 Å². The normalized spacial score (nSPS) is 15.5. The summed E-state index contributed by atoms with van der Waals surface area (Å²) in [7, 11) is 0. The molecule has 1 aromatic heterocycles. The molecule has 2 heterocycles. The zero-order valence-corrected chi connectivity index (χ0v) is 8.51. The van der Waals surface area contributed by atoms with Gasteiger partial charge in [-0.05, 0) is 12.1 Å². The lowest BCUT2D eigenvalue weighted by Crippen LogP contribution is -2.16. The average molecular weight is 243 g/mol. The van der Waals surface area contributed by atoms with Gasteiger partial charge in [-0.2, -0.15) is 13.2 Å². The number of amides is 1. The van der Waals surface area contributed by atoms with Crippen LogP contribution in [0.3, 0.4) is 0 Å². The van der Waals surface area contributed by atoms with Gasteiger partial charge in [-0.15, -0.1) is 0 Å². The first kappa shape index (κ1) is 11.4. The van der Waals surface area contributed by atoms with Crippen LogP contribution in [0.15, 0.2) is 30.1 Å². The molecule has 0 saturated heterocycles. The van der Waals surface area contributed by atoms with E-state index in [1.165, 1.54) is 12.1 Å². The molecule has 0 saturated carbocycles. The van der Waals surface area contributed by atoms with Gasteiger partial charge in [0.2, 0.25) is 5.91 Å². The molecule has 2 N–H and O–H groups in total. The number of hydrogen-bond acceptors (Lipinski definition) is 3. The molecule has 1 aliphatic heterocycles. The Morgan fingerprint density at radius 2 is 2.12 bits per heavy atom. The Kier molecular flexibility index (Phi) is 2.74. The minimum Gasteiger partial charge on any atom is -0.356 e. The van der Waals surface area contributed by atoms with Crippen molar-refractivity contribution in [3.63, 3.8) is 0 Å². The molecule has 1 aliphatic rings. The molecule has 90 valence electrons. The van der Waals surface area contributed by atoms with Crippen molar-refractivity contribution in [2.75, 3.05) is 11.9 Å².